The molecule has 0 radical (unpaired) electrons. The van der Waals surface area contributed by atoms with Gasteiger partial charge in [0.2, 0.25) is 0 Å². The molecule has 2 N–H and O–H groups in total. The Kier molecular flexibility index (Phi) is 6.12. The third kappa shape index (κ3) is 4.78. The standard InChI is InChI=1S/C24H24O4/c1-2-24(27,23(25)26)16-18-8-10-20(11-9-18)21-12-14-22(15-13-21)28-17-19-6-4-3-5-7-19/h3-15,27H,2,16-17H2,1H3,(H,25,26). The van der Waals surface area contributed by atoms with Crippen molar-refractivity contribution < 1.29 is 19.7 Å². The van der Waals surface area contributed by atoms with E-state index >= 15 is 0 Å². The average molecular weight is 376 g/mol. The molecule has 0 bridgehead atoms. The Morgan fingerprint density at radius 3 is 1.96 bits per heavy atom. The predicted molar refractivity (Wildman–Crippen MR) is 109 cm³/mol. The lowest BCUT2D eigenvalue weighted by Crippen LogP contribution is -2.40. The molecule has 0 aliphatic heterocycles. The van der Waals surface area contributed by atoms with Gasteiger partial charge in [-0.3, -0.25) is 0 Å². The highest BCUT2D eigenvalue weighted by Gasteiger charge is 2.33. The minimum absolute atomic E-state index is 0.0887. The van der Waals surface area contributed by atoms with Gasteiger partial charge in [0.05, 0.1) is 0 Å². The van der Waals surface area contributed by atoms with Gasteiger partial charge in [-0.1, -0.05) is 73.7 Å². The molecule has 0 aliphatic carbocycles. The Bertz CT molecular complexity index is 902. The number of hydrogen-bond acceptors (Lipinski definition) is 3. The lowest BCUT2D eigenvalue weighted by molar-refractivity contribution is -0.158. The largest absolute Gasteiger partial charge is 0.489 e. The van der Waals surface area contributed by atoms with Crippen molar-refractivity contribution in [2.75, 3.05) is 0 Å². The molecule has 1 unspecified atom stereocenters. The van der Waals surface area contributed by atoms with Crippen LogP contribution in [-0.2, 0) is 17.8 Å². The summed E-state index contributed by atoms with van der Waals surface area (Å²) in [5.41, 5.74) is 2.25. The molecule has 4 nitrogen and oxygen atoms in total. The molecule has 0 heterocycles. The lowest BCUT2D eigenvalue weighted by Gasteiger charge is -2.21. The maximum Gasteiger partial charge on any atom is 0.336 e. The molecule has 3 aromatic carbocycles. The van der Waals surface area contributed by atoms with E-state index < -0.39 is 11.6 Å². The molecule has 1 atom stereocenters. The van der Waals surface area contributed by atoms with Crippen molar-refractivity contribution in [2.24, 2.45) is 0 Å². The van der Waals surface area contributed by atoms with E-state index in [4.69, 9.17) is 4.74 Å². The van der Waals surface area contributed by atoms with Crippen LogP contribution < -0.4 is 4.74 Å². The van der Waals surface area contributed by atoms with Crippen molar-refractivity contribution in [3.63, 3.8) is 0 Å². The number of carbonyl (C=O) groups is 1. The summed E-state index contributed by atoms with van der Waals surface area (Å²) < 4.78 is 5.81. The van der Waals surface area contributed by atoms with Crippen molar-refractivity contribution in [1.29, 1.82) is 0 Å². The molecule has 0 saturated carbocycles. The molecular formula is C24H24O4. The number of carboxylic acid groups (broad SMARTS) is 1. The predicted octanol–water partition coefficient (Wildman–Crippen LogP) is 4.70. The molecule has 0 fully saturated rings. The SMILES string of the molecule is CCC(O)(Cc1ccc(-c2ccc(OCc3ccccc3)cc2)cc1)C(=O)O. The number of rotatable bonds is 8. The highest BCUT2D eigenvalue weighted by molar-refractivity contribution is 5.77. The maximum absolute atomic E-state index is 11.3. The maximum atomic E-state index is 11.3. The van der Waals surface area contributed by atoms with Gasteiger partial charge < -0.3 is 14.9 Å². The zero-order chi connectivity index (χ0) is 20.0. The van der Waals surface area contributed by atoms with Gasteiger partial charge in [0.25, 0.3) is 0 Å². The van der Waals surface area contributed by atoms with Crippen molar-refractivity contribution in [3.8, 4) is 16.9 Å². The van der Waals surface area contributed by atoms with Crippen LogP contribution in [0.3, 0.4) is 0 Å². The Balaban J connectivity index is 1.64. The number of ether oxygens (including phenoxy) is 1. The number of hydrogen-bond donors (Lipinski definition) is 2. The van der Waals surface area contributed by atoms with E-state index in [1.54, 1.807) is 6.92 Å². The summed E-state index contributed by atoms with van der Waals surface area (Å²) in [5, 5.41) is 19.4. The highest BCUT2D eigenvalue weighted by Crippen LogP contribution is 2.25. The second-order valence-corrected chi connectivity index (χ2v) is 6.86. The third-order valence-electron chi connectivity index (χ3n) is 4.87. The zero-order valence-electron chi connectivity index (χ0n) is 15.8. The van der Waals surface area contributed by atoms with Crippen LogP contribution in [0.5, 0.6) is 5.75 Å². The van der Waals surface area contributed by atoms with Crippen molar-refractivity contribution in [3.05, 3.63) is 90.0 Å². The Morgan fingerprint density at radius 2 is 1.43 bits per heavy atom. The van der Waals surface area contributed by atoms with E-state index in [1.807, 2.05) is 78.9 Å². The van der Waals surface area contributed by atoms with Gasteiger partial charge in [-0.2, -0.15) is 0 Å². The number of carboxylic acids is 1. The van der Waals surface area contributed by atoms with Crippen molar-refractivity contribution >= 4 is 5.97 Å². The summed E-state index contributed by atoms with van der Waals surface area (Å²) in [4.78, 5) is 11.3. The van der Waals surface area contributed by atoms with Gasteiger partial charge >= 0.3 is 5.97 Å². The summed E-state index contributed by atoms with van der Waals surface area (Å²) in [6.07, 6.45) is 0.250. The zero-order valence-corrected chi connectivity index (χ0v) is 15.8. The second-order valence-electron chi connectivity index (χ2n) is 6.86. The average Bonchev–Trinajstić information content (AvgIpc) is 2.74. The van der Waals surface area contributed by atoms with Crippen molar-refractivity contribution in [1.82, 2.24) is 0 Å². The minimum Gasteiger partial charge on any atom is -0.489 e. The van der Waals surface area contributed by atoms with E-state index in [1.165, 1.54) is 0 Å². The first-order chi connectivity index (χ1) is 13.5. The quantitative estimate of drug-likeness (QED) is 0.598. The van der Waals surface area contributed by atoms with Gasteiger partial charge in [-0.05, 0) is 40.8 Å². The minimum atomic E-state index is -1.72. The van der Waals surface area contributed by atoms with Crippen LogP contribution in [0.25, 0.3) is 11.1 Å². The fraction of sp³-hybridized carbons (Fsp3) is 0.208. The molecule has 0 aliphatic rings. The fourth-order valence-electron chi connectivity index (χ4n) is 2.99. The molecule has 0 aromatic heterocycles. The van der Waals surface area contributed by atoms with Crippen LogP contribution in [0.15, 0.2) is 78.9 Å². The smallest absolute Gasteiger partial charge is 0.336 e. The molecule has 3 aromatic rings. The summed E-state index contributed by atoms with van der Waals surface area (Å²) in [5.74, 6) is -0.385. The molecule has 0 spiro atoms. The molecule has 144 valence electrons. The first-order valence-corrected chi connectivity index (χ1v) is 9.32. The van der Waals surface area contributed by atoms with Crippen LogP contribution in [0, 0.1) is 0 Å². The van der Waals surface area contributed by atoms with Gasteiger partial charge in [-0.25, -0.2) is 4.79 Å². The molecular weight excluding hydrogens is 352 g/mol. The molecule has 0 saturated heterocycles. The van der Waals surface area contributed by atoms with Crippen LogP contribution in [-0.4, -0.2) is 21.8 Å². The summed E-state index contributed by atoms with van der Waals surface area (Å²) in [7, 11) is 0. The van der Waals surface area contributed by atoms with E-state index in [0.717, 1.165) is 28.0 Å². The topological polar surface area (TPSA) is 66.8 Å². The Morgan fingerprint density at radius 1 is 0.857 bits per heavy atom. The monoisotopic (exact) mass is 376 g/mol. The first-order valence-electron chi connectivity index (χ1n) is 9.32. The van der Waals surface area contributed by atoms with E-state index in [-0.39, 0.29) is 12.8 Å². The highest BCUT2D eigenvalue weighted by atomic mass is 16.5. The Labute approximate surface area is 165 Å². The molecule has 28 heavy (non-hydrogen) atoms. The van der Waals surface area contributed by atoms with Gasteiger partial charge in [0.1, 0.15) is 12.4 Å². The van der Waals surface area contributed by atoms with E-state index in [2.05, 4.69) is 0 Å². The van der Waals surface area contributed by atoms with Gasteiger partial charge in [-0.15, -0.1) is 0 Å². The Hall–Kier alpha value is -3.11. The van der Waals surface area contributed by atoms with Gasteiger partial charge in [0.15, 0.2) is 5.60 Å². The third-order valence-corrected chi connectivity index (χ3v) is 4.87. The van der Waals surface area contributed by atoms with Crippen LogP contribution in [0.4, 0.5) is 0 Å². The first kappa shape index (κ1) is 19.6. The summed E-state index contributed by atoms with van der Waals surface area (Å²) >= 11 is 0. The number of benzene rings is 3. The van der Waals surface area contributed by atoms with Gasteiger partial charge in [0, 0.05) is 6.42 Å². The van der Waals surface area contributed by atoms with E-state index in [0.29, 0.717) is 6.61 Å². The lowest BCUT2D eigenvalue weighted by atomic mass is 9.91. The van der Waals surface area contributed by atoms with Crippen LogP contribution >= 0.6 is 0 Å². The summed E-state index contributed by atoms with van der Waals surface area (Å²) in [6, 6.07) is 25.5. The van der Waals surface area contributed by atoms with E-state index in [9.17, 15) is 15.0 Å². The van der Waals surface area contributed by atoms with Crippen LogP contribution in [0.2, 0.25) is 0 Å². The normalized spacial score (nSPS) is 12.9. The second kappa shape index (κ2) is 8.72. The molecule has 4 heteroatoms. The molecule has 0 amide bonds. The fourth-order valence-corrected chi connectivity index (χ4v) is 2.99. The summed E-state index contributed by atoms with van der Waals surface area (Å²) in [6.45, 7) is 2.20. The van der Waals surface area contributed by atoms with Crippen LogP contribution in [0.1, 0.15) is 24.5 Å². The van der Waals surface area contributed by atoms with Crippen molar-refractivity contribution in [2.45, 2.75) is 32.0 Å². The molecule has 3 rings (SSSR count). The number of aliphatic carboxylic acids is 1. The number of aliphatic hydroxyl groups is 1.